The van der Waals surface area contributed by atoms with E-state index in [0.29, 0.717) is 35.6 Å². The number of carbonyl (C=O) groups excluding carboxylic acids is 2. The molecular formula is C20H22N4O2. The molecule has 26 heavy (non-hydrogen) atoms. The molecule has 0 fully saturated rings. The number of anilines is 2. The Kier molecular flexibility index (Phi) is 6.75. The SMILES string of the molecule is CCN(CC)C(=O)c1ccc(NC(=O)CNc2cccc(C#N)c2)cc1. The summed E-state index contributed by atoms with van der Waals surface area (Å²) in [5.41, 5.74) is 2.46. The predicted molar refractivity (Wildman–Crippen MR) is 102 cm³/mol. The first-order valence-electron chi connectivity index (χ1n) is 8.50. The fourth-order valence-electron chi connectivity index (χ4n) is 2.48. The highest BCUT2D eigenvalue weighted by molar-refractivity contribution is 5.96. The second kappa shape index (κ2) is 9.23. The largest absolute Gasteiger partial charge is 0.376 e. The van der Waals surface area contributed by atoms with Gasteiger partial charge in [0.05, 0.1) is 18.2 Å². The minimum Gasteiger partial charge on any atom is -0.376 e. The van der Waals surface area contributed by atoms with Crippen LogP contribution in [-0.4, -0.2) is 36.3 Å². The predicted octanol–water partition coefficient (Wildman–Crippen LogP) is 3.09. The smallest absolute Gasteiger partial charge is 0.253 e. The second-order valence-corrected chi connectivity index (χ2v) is 5.65. The van der Waals surface area contributed by atoms with E-state index >= 15 is 0 Å². The van der Waals surface area contributed by atoms with E-state index in [2.05, 4.69) is 16.7 Å². The maximum Gasteiger partial charge on any atom is 0.253 e. The Morgan fingerprint density at radius 1 is 1.04 bits per heavy atom. The Labute approximate surface area is 153 Å². The molecule has 0 saturated carbocycles. The van der Waals surface area contributed by atoms with E-state index in [1.54, 1.807) is 53.4 Å². The van der Waals surface area contributed by atoms with Crippen molar-refractivity contribution in [1.29, 1.82) is 5.26 Å². The number of nitrogens with one attached hydrogen (secondary N) is 2. The summed E-state index contributed by atoms with van der Waals surface area (Å²) in [6, 6.07) is 15.8. The van der Waals surface area contributed by atoms with Gasteiger partial charge in [-0.05, 0) is 56.3 Å². The number of hydrogen-bond donors (Lipinski definition) is 2. The quantitative estimate of drug-likeness (QED) is 0.803. The van der Waals surface area contributed by atoms with Gasteiger partial charge in [-0.3, -0.25) is 9.59 Å². The lowest BCUT2D eigenvalue weighted by Gasteiger charge is -2.18. The van der Waals surface area contributed by atoms with E-state index < -0.39 is 0 Å². The maximum absolute atomic E-state index is 12.3. The number of rotatable bonds is 7. The standard InChI is InChI=1S/C20H22N4O2/c1-3-24(4-2)20(26)16-8-10-17(11-9-16)23-19(25)14-22-18-7-5-6-15(12-18)13-21/h5-12,22H,3-4,14H2,1-2H3,(H,23,25). The molecule has 0 heterocycles. The third-order valence-electron chi connectivity index (χ3n) is 3.91. The molecule has 0 bridgehead atoms. The molecule has 2 rings (SSSR count). The summed E-state index contributed by atoms with van der Waals surface area (Å²) >= 11 is 0. The van der Waals surface area contributed by atoms with Crippen LogP contribution in [-0.2, 0) is 4.79 Å². The van der Waals surface area contributed by atoms with Gasteiger partial charge < -0.3 is 15.5 Å². The lowest BCUT2D eigenvalue weighted by atomic mass is 10.1. The molecule has 2 aromatic carbocycles. The van der Waals surface area contributed by atoms with Crippen molar-refractivity contribution >= 4 is 23.2 Å². The molecule has 0 saturated heterocycles. The summed E-state index contributed by atoms with van der Waals surface area (Å²) in [6.45, 7) is 5.28. The topological polar surface area (TPSA) is 85.2 Å². The van der Waals surface area contributed by atoms with E-state index in [1.165, 1.54) is 0 Å². The third kappa shape index (κ3) is 5.08. The van der Waals surface area contributed by atoms with E-state index in [-0.39, 0.29) is 18.4 Å². The van der Waals surface area contributed by atoms with Crippen molar-refractivity contribution in [2.75, 3.05) is 30.3 Å². The molecule has 0 atom stereocenters. The van der Waals surface area contributed by atoms with E-state index in [4.69, 9.17) is 5.26 Å². The van der Waals surface area contributed by atoms with Crippen LogP contribution in [0.15, 0.2) is 48.5 Å². The van der Waals surface area contributed by atoms with E-state index in [0.717, 1.165) is 0 Å². The fourth-order valence-corrected chi connectivity index (χ4v) is 2.48. The van der Waals surface area contributed by atoms with E-state index in [9.17, 15) is 9.59 Å². The Morgan fingerprint density at radius 2 is 1.73 bits per heavy atom. The molecule has 0 aliphatic rings. The number of hydrogen-bond acceptors (Lipinski definition) is 4. The molecule has 0 aromatic heterocycles. The first kappa shape index (κ1) is 19.0. The van der Waals surface area contributed by atoms with Gasteiger partial charge in [0, 0.05) is 30.0 Å². The lowest BCUT2D eigenvalue weighted by Crippen LogP contribution is -2.30. The van der Waals surface area contributed by atoms with Crippen LogP contribution in [0.1, 0.15) is 29.8 Å². The summed E-state index contributed by atoms with van der Waals surface area (Å²) < 4.78 is 0. The minimum absolute atomic E-state index is 0.0214. The van der Waals surface area contributed by atoms with Crippen molar-refractivity contribution < 1.29 is 9.59 Å². The van der Waals surface area contributed by atoms with Crippen LogP contribution < -0.4 is 10.6 Å². The first-order valence-corrected chi connectivity index (χ1v) is 8.50. The Hall–Kier alpha value is -3.33. The van der Waals surface area contributed by atoms with Gasteiger partial charge in [-0.25, -0.2) is 0 Å². The van der Waals surface area contributed by atoms with Crippen LogP contribution in [0.5, 0.6) is 0 Å². The molecule has 2 aromatic rings. The Balaban J connectivity index is 1.91. The fraction of sp³-hybridized carbons (Fsp3) is 0.250. The Bertz CT molecular complexity index is 805. The molecule has 0 radical (unpaired) electrons. The van der Waals surface area contributed by atoms with Crippen molar-refractivity contribution in [2.45, 2.75) is 13.8 Å². The molecule has 0 unspecified atom stereocenters. The molecule has 6 heteroatoms. The zero-order valence-electron chi connectivity index (χ0n) is 15.0. The van der Waals surface area contributed by atoms with Crippen LogP contribution in [0.2, 0.25) is 0 Å². The van der Waals surface area contributed by atoms with Crippen molar-refractivity contribution in [3.8, 4) is 6.07 Å². The molecular weight excluding hydrogens is 328 g/mol. The van der Waals surface area contributed by atoms with Crippen LogP contribution in [0.3, 0.4) is 0 Å². The number of benzene rings is 2. The van der Waals surface area contributed by atoms with Crippen LogP contribution >= 0.6 is 0 Å². The summed E-state index contributed by atoms with van der Waals surface area (Å²) in [5.74, 6) is -0.234. The summed E-state index contributed by atoms with van der Waals surface area (Å²) in [6.07, 6.45) is 0. The Morgan fingerprint density at radius 3 is 2.35 bits per heavy atom. The molecule has 0 aliphatic carbocycles. The van der Waals surface area contributed by atoms with Gasteiger partial charge in [0.25, 0.3) is 5.91 Å². The van der Waals surface area contributed by atoms with Gasteiger partial charge in [0.2, 0.25) is 5.91 Å². The lowest BCUT2D eigenvalue weighted by molar-refractivity contribution is -0.114. The van der Waals surface area contributed by atoms with Crippen LogP contribution in [0, 0.1) is 11.3 Å². The van der Waals surface area contributed by atoms with Gasteiger partial charge in [-0.1, -0.05) is 6.07 Å². The zero-order valence-corrected chi connectivity index (χ0v) is 15.0. The van der Waals surface area contributed by atoms with Crippen molar-refractivity contribution in [2.24, 2.45) is 0 Å². The summed E-state index contributed by atoms with van der Waals surface area (Å²) in [4.78, 5) is 26.0. The molecule has 134 valence electrons. The summed E-state index contributed by atoms with van der Waals surface area (Å²) in [5, 5.41) is 14.6. The normalized spacial score (nSPS) is 9.88. The van der Waals surface area contributed by atoms with Crippen molar-refractivity contribution in [3.63, 3.8) is 0 Å². The van der Waals surface area contributed by atoms with Gasteiger partial charge in [-0.2, -0.15) is 5.26 Å². The third-order valence-corrected chi connectivity index (χ3v) is 3.91. The highest BCUT2D eigenvalue weighted by Crippen LogP contribution is 2.12. The average Bonchev–Trinajstić information content (AvgIpc) is 2.68. The van der Waals surface area contributed by atoms with E-state index in [1.807, 2.05) is 13.8 Å². The molecule has 0 spiro atoms. The monoisotopic (exact) mass is 350 g/mol. The summed E-state index contributed by atoms with van der Waals surface area (Å²) in [7, 11) is 0. The highest BCUT2D eigenvalue weighted by Gasteiger charge is 2.12. The van der Waals surface area contributed by atoms with Crippen LogP contribution in [0.25, 0.3) is 0 Å². The van der Waals surface area contributed by atoms with Gasteiger partial charge in [-0.15, -0.1) is 0 Å². The number of amides is 2. The van der Waals surface area contributed by atoms with Gasteiger partial charge in [0.15, 0.2) is 0 Å². The maximum atomic E-state index is 12.3. The van der Waals surface area contributed by atoms with Crippen LogP contribution in [0.4, 0.5) is 11.4 Å². The van der Waals surface area contributed by atoms with Gasteiger partial charge in [0.1, 0.15) is 0 Å². The average molecular weight is 350 g/mol. The number of nitrogens with zero attached hydrogens (tertiary/aromatic N) is 2. The first-order chi connectivity index (χ1) is 12.6. The second-order valence-electron chi connectivity index (χ2n) is 5.65. The van der Waals surface area contributed by atoms with Crippen molar-refractivity contribution in [1.82, 2.24) is 4.90 Å². The van der Waals surface area contributed by atoms with Crippen molar-refractivity contribution in [3.05, 3.63) is 59.7 Å². The van der Waals surface area contributed by atoms with Gasteiger partial charge >= 0.3 is 0 Å². The number of nitriles is 1. The zero-order chi connectivity index (χ0) is 18.9. The highest BCUT2D eigenvalue weighted by atomic mass is 16.2. The minimum atomic E-state index is -0.213. The molecule has 2 N–H and O–H groups in total. The molecule has 6 nitrogen and oxygen atoms in total. The molecule has 2 amide bonds. The molecule has 0 aliphatic heterocycles. The number of carbonyl (C=O) groups is 2.